The van der Waals surface area contributed by atoms with Gasteiger partial charge in [-0.15, -0.1) is 0 Å². The van der Waals surface area contributed by atoms with Gasteiger partial charge < -0.3 is 10.8 Å². The van der Waals surface area contributed by atoms with Crippen LogP contribution in [-0.2, 0) is 4.79 Å². The van der Waals surface area contributed by atoms with Crippen molar-refractivity contribution in [3.05, 3.63) is 41.7 Å². The van der Waals surface area contributed by atoms with Gasteiger partial charge in [-0.3, -0.25) is 9.78 Å². The number of carboxylic acids is 1. The lowest BCUT2D eigenvalue weighted by Crippen LogP contribution is -2.20. The first-order valence-corrected chi connectivity index (χ1v) is 4.92. The van der Waals surface area contributed by atoms with Crippen molar-refractivity contribution >= 4 is 16.7 Å². The third kappa shape index (κ3) is 1.87. The largest absolute Gasteiger partial charge is 0.480 e. The summed E-state index contributed by atoms with van der Waals surface area (Å²) in [6.45, 7) is 1.91. The molecule has 1 aromatic carbocycles. The second-order valence-electron chi connectivity index (χ2n) is 3.75. The van der Waals surface area contributed by atoms with Gasteiger partial charge in [-0.25, -0.2) is 0 Å². The summed E-state index contributed by atoms with van der Waals surface area (Å²) in [5.74, 6) is -1.03. The van der Waals surface area contributed by atoms with E-state index in [2.05, 4.69) is 4.98 Å². The Morgan fingerprint density at radius 1 is 1.38 bits per heavy atom. The van der Waals surface area contributed by atoms with Crippen molar-refractivity contribution in [1.82, 2.24) is 4.98 Å². The predicted molar refractivity (Wildman–Crippen MR) is 61.0 cm³/mol. The van der Waals surface area contributed by atoms with Crippen LogP contribution in [0.5, 0.6) is 0 Å². The van der Waals surface area contributed by atoms with E-state index in [-0.39, 0.29) is 0 Å². The summed E-state index contributed by atoms with van der Waals surface area (Å²) in [5.41, 5.74) is 7.06. The highest BCUT2D eigenvalue weighted by Gasteiger charge is 2.14. The molecule has 0 aliphatic carbocycles. The maximum absolute atomic E-state index is 10.7. The smallest absolute Gasteiger partial charge is 0.325 e. The van der Waals surface area contributed by atoms with Gasteiger partial charge in [0.25, 0.3) is 0 Å². The highest BCUT2D eigenvalue weighted by molar-refractivity contribution is 5.84. The Labute approximate surface area is 92.7 Å². The lowest BCUT2D eigenvalue weighted by Gasteiger charge is -2.08. The molecule has 1 heterocycles. The van der Waals surface area contributed by atoms with Crippen LogP contribution >= 0.6 is 0 Å². The van der Waals surface area contributed by atoms with Crippen molar-refractivity contribution in [1.29, 1.82) is 0 Å². The zero-order chi connectivity index (χ0) is 11.7. The van der Waals surface area contributed by atoms with Gasteiger partial charge in [0.05, 0.1) is 0 Å². The first-order chi connectivity index (χ1) is 7.58. The maximum Gasteiger partial charge on any atom is 0.325 e. The van der Waals surface area contributed by atoms with Crippen molar-refractivity contribution in [3.63, 3.8) is 0 Å². The molecule has 0 aliphatic heterocycles. The zero-order valence-corrected chi connectivity index (χ0v) is 8.84. The average Bonchev–Trinajstić information content (AvgIpc) is 2.27. The monoisotopic (exact) mass is 216 g/mol. The van der Waals surface area contributed by atoms with Gasteiger partial charge in [-0.2, -0.15) is 0 Å². The summed E-state index contributed by atoms with van der Waals surface area (Å²) >= 11 is 0. The summed E-state index contributed by atoms with van der Waals surface area (Å²) in [5, 5.41) is 10.7. The third-order valence-electron chi connectivity index (χ3n) is 2.51. The van der Waals surface area contributed by atoms with E-state index in [1.165, 1.54) is 0 Å². The van der Waals surface area contributed by atoms with Gasteiger partial charge >= 0.3 is 5.97 Å². The molecule has 1 unspecified atom stereocenters. The molecule has 1 atom stereocenters. The highest BCUT2D eigenvalue weighted by Crippen LogP contribution is 2.19. The van der Waals surface area contributed by atoms with E-state index in [1.807, 2.05) is 19.1 Å². The number of aliphatic carboxylic acids is 1. The number of aromatic nitrogens is 1. The van der Waals surface area contributed by atoms with Crippen molar-refractivity contribution in [2.45, 2.75) is 13.0 Å². The number of fused-ring (bicyclic) bond motifs is 1. The Hall–Kier alpha value is -1.94. The number of rotatable bonds is 2. The van der Waals surface area contributed by atoms with E-state index < -0.39 is 12.0 Å². The van der Waals surface area contributed by atoms with E-state index in [9.17, 15) is 4.79 Å². The Morgan fingerprint density at radius 2 is 2.12 bits per heavy atom. The first-order valence-electron chi connectivity index (χ1n) is 4.92. The molecular formula is C12H12N2O2. The summed E-state index contributed by atoms with van der Waals surface area (Å²) in [4.78, 5) is 14.9. The lowest BCUT2D eigenvalue weighted by molar-refractivity contribution is -0.138. The topological polar surface area (TPSA) is 76.2 Å². The lowest BCUT2D eigenvalue weighted by atomic mass is 10.0. The third-order valence-corrected chi connectivity index (χ3v) is 2.51. The summed E-state index contributed by atoms with van der Waals surface area (Å²) in [6, 6.07) is 6.33. The normalized spacial score (nSPS) is 12.6. The molecule has 1 aromatic heterocycles. The number of hydrogen-bond acceptors (Lipinski definition) is 3. The number of carbonyl (C=O) groups is 1. The molecule has 0 fully saturated rings. The van der Waals surface area contributed by atoms with Crippen molar-refractivity contribution in [3.8, 4) is 0 Å². The zero-order valence-electron chi connectivity index (χ0n) is 8.84. The summed E-state index contributed by atoms with van der Waals surface area (Å²) in [6.07, 6.45) is 1.72. The van der Waals surface area contributed by atoms with E-state index >= 15 is 0 Å². The number of nitrogens with two attached hydrogens (primary N) is 1. The molecule has 0 radical (unpaired) electrons. The molecule has 0 spiro atoms. The molecule has 16 heavy (non-hydrogen) atoms. The molecule has 0 amide bonds. The van der Waals surface area contributed by atoms with Gasteiger partial charge in [0, 0.05) is 17.3 Å². The van der Waals surface area contributed by atoms with Crippen molar-refractivity contribution in [2.75, 3.05) is 0 Å². The number of pyridine rings is 1. The molecule has 0 saturated heterocycles. The van der Waals surface area contributed by atoms with E-state index in [4.69, 9.17) is 10.8 Å². The number of hydrogen-bond donors (Lipinski definition) is 2. The van der Waals surface area contributed by atoms with Crippen LogP contribution in [0, 0.1) is 6.92 Å². The fourth-order valence-electron chi connectivity index (χ4n) is 1.61. The van der Waals surface area contributed by atoms with Gasteiger partial charge in [-0.1, -0.05) is 12.1 Å². The average molecular weight is 216 g/mol. The van der Waals surface area contributed by atoms with E-state index in [0.717, 1.165) is 16.5 Å². The molecule has 0 saturated carbocycles. The number of aryl methyl sites for hydroxylation is 1. The second-order valence-corrected chi connectivity index (χ2v) is 3.75. The summed E-state index contributed by atoms with van der Waals surface area (Å²) in [7, 11) is 0. The summed E-state index contributed by atoms with van der Waals surface area (Å²) < 4.78 is 0. The molecular weight excluding hydrogens is 204 g/mol. The van der Waals surface area contributed by atoms with Crippen LogP contribution in [0.3, 0.4) is 0 Å². The van der Waals surface area contributed by atoms with Gasteiger partial charge in [0.1, 0.15) is 6.04 Å². The number of benzene rings is 1. The molecule has 4 heteroatoms. The Kier molecular flexibility index (Phi) is 2.58. The number of nitrogens with zero attached hydrogens (tertiary/aromatic N) is 1. The Bertz CT molecular complexity index is 552. The fraction of sp³-hybridized carbons (Fsp3) is 0.167. The highest BCUT2D eigenvalue weighted by atomic mass is 16.4. The van der Waals surface area contributed by atoms with Crippen LogP contribution in [-0.4, -0.2) is 16.1 Å². The molecule has 82 valence electrons. The maximum atomic E-state index is 10.7. The minimum absolute atomic E-state index is 0.589. The van der Waals surface area contributed by atoms with E-state index in [0.29, 0.717) is 5.56 Å². The van der Waals surface area contributed by atoms with Crippen molar-refractivity contribution < 1.29 is 9.90 Å². The van der Waals surface area contributed by atoms with Gasteiger partial charge in [0.15, 0.2) is 0 Å². The van der Waals surface area contributed by atoms with Crippen molar-refractivity contribution in [2.24, 2.45) is 5.73 Å². The molecule has 3 N–H and O–H groups in total. The Balaban J connectivity index is 2.52. The van der Waals surface area contributed by atoms with Crippen LogP contribution in [0.2, 0.25) is 0 Å². The fourth-order valence-corrected chi connectivity index (χ4v) is 1.61. The molecule has 2 rings (SSSR count). The Morgan fingerprint density at radius 3 is 2.81 bits per heavy atom. The van der Waals surface area contributed by atoms with E-state index in [1.54, 1.807) is 18.3 Å². The van der Waals surface area contributed by atoms with Crippen LogP contribution in [0.1, 0.15) is 17.3 Å². The SMILES string of the molecule is Cc1cc2ccc(C(N)C(=O)O)cc2cn1. The standard InChI is InChI=1S/C12H12N2O2/c1-7-4-8-2-3-9(11(13)12(15)16)5-10(8)6-14-7/h2-6,11H,13H2,1H3,(H,15,16). The van der Waals surface area contributed by atoms with Crippen LogP contribution in [0.25, 0.3) is 10.8 Å². The second kappa shape index (κ2) is 3.90. The number of carboxylic acid groups (broad SMARTS) is 1. The van der Waals surface area contributed by atoms with Gasteiger partial charge in [-0.05, 0) is 30.0 Å². The molecule has 0 bridgehead atoms. The van der Waals surface area contributed by atoms with Crippen LogP contribution < -0.4 is 5.73 Å². The van der Waals surface area contributed by atoms with Crippen LogP contribution in [0.4, 0.5) is 0 Å². The van der Waals surface area contributed by atoms with Crippen LogP contribution in [0.15, 0.2) is 30.5 Å². The molecule has 4 nitrogen and oxygen atoms in total. The quantitative estimate of drug-likeness (QED) is 0.799. The minimum Gasteiger partial charge on any atom is -0.480 e. The molecule has 2 aromatic rings. The predicted octanol–water partition coefficient (Wildman–Crippen LogP) is 1.63. The van der Waals surface area contributed by atoms with Gasteiger partial charge in [0.2, 0.25) is 0 Å². The first kappa shape index (κ1) is 10.6. The minimum atomic E-state index is -1.03. The molecule has 0 aliphatic rings.